The second kappa shape index (κ2) is 8.38. The summed E-state index contributed by atoms with van der Waals surface area (Å²) in [7, 11) is 1.63. The molecule has 0 radical (unpaired) electrons. The number of carbonyl (C=O) groups is 1. The molecule has 1 aromatic carbocycles. The molecule has 0 unspecified atom stereocenters. The highest BCUT2D eigenvalue weighted by Crippen LogP contribution is 2.28. The van der Waals surface area contributed by atoms with Crippen LogP contribution in [-0.4, -0.2) is 28.7 Å². The van der Waals surface area contributed by atoms with Gasteiger partial charge in [0.15, 0.2) is 5.78 Å². The Bertz CT molecular complexity index is 866. The quantitative estimate of drug-likeness (QED) is 0.674. The molecule has 2 heterocycles. The van der Waals surface area contributed by atoms with Crippen molar-refractivity contribution in [3.8, 4) is 0 Å². The van der Waals surface area contributed by atoms with Crippen LogP contribution in [0.2, 0.25) is 0 Å². The summed E-state index contributed by atoms with van der Waals surface area (Å²) in [6, 6.07) is 8.08. The Kier molecular flexibility index (Phi) is 6.15. The van der Waals surface area contributed by atoms with Gasteiger partial charge in [-0.2, -0.15) is 5.10 Å². The molecule has 0 bridgehead atoms. The van der Waals surface area contributed by atoms with E-state index in [1.54, 1.807) is 13.2 Å². The van der Waals surface area contributed by atoms with Crippen LogP contribution in [0, 0.1) is 11.8 Å². The van der Waals surface area contributed by atoms with E-state index in [4.69, 9.17) is 0 Å². The summed E-state index contributed by atoms with van der Waals surface area (Å²) in [6.07, 6.45) is 4.32. The fraction of sp³-hybridized carbons (Fsp3) is 0.476. The number of hydrogen-bond acceptors (Lipinski definition) is 4. The van der Waals surface area contributed by atoms with Gasteiger partial charge in [0.2, 0.25) is 0 Å². The number of nitrogens with zero attached hydrogens (tertiary/aromatic N) is 3. The minimum absolute atomic E-state index is 0.0375. The first kappa shape index (κ1) is 19.8. The normalized spacial score (nSPS) is 15.4. The van der Waals surface area contributed by atoms with Gasteiger partial charge in [0.05, 0.1) is 11.9 Å². The Morgan fingerprint density at radius 1 is 1.22 bits per heavy atom. The molecule has 1 aliphatic heterocycles. The van der Waals surface area contributed by atoms with Gasteiger partial charge >= 0.3 is 0 Å². The molecule has 0 saturated carbocycles. The summed E-state index contributed by atoms with van der Waals surface area (Å²) in [6.45, 7) is 5.89. The largest absolute Gasteiger partial charge is 0.369 e. The maximum atomic E-state index is 12.8. The van der Waals surface area contributed by atoms with Crippen molar-refractivity contribution in [2.45, 2.75) is 33.1 Å². The van der Waals surface area contributed by atoms with Gasteiger partial charge in [0.25, 0.3) is 5.56 Å². The molecule has 6 heteroatoms. The average Bonchev–Trinajstić information content (AvgIpc) is 2.66. The van der Waals surface area contributed by atoms with Gasteiger partial charge in [-0.25, -0.2) is 4.68 Å². The van der Waals surface area contributed by atoms with Crippen LogP contribution in [0.3, 0.4) is 0 Å². The molecule has 0 N–H and O–H groups in total. The molecule has 5 nitrogen and oxygen atoms in total. The number of ketones is 1. The Hall–Kier alpha value is -1.95. The molecule has 0 aliphatic carbocycles. The Morgan fingerprint density at radius 3 is 2.44 bits per heavy atom. The zero-order chi connectivity index (χ0) is 19.6. The first-order chi connectivity index (χ1) is 12.9. The van der Waals surface area contributed by atoms with Gasteiger partial charge in [-0.05, 0) is 46.7 Å². The van der Waals surface area contributed by atoms with E-state index in [1.807, 2.05) is 12.1 Å². The number of carbonyl (C=O) groups excluding carboxylic acids is 1. The number of aryl methyl sites for hydroxylation is 1. The van der Waals surface area contributed by atoms with E-state index >= 15 is 0 Å². The van der Waals surface area contributed by atoms with Crippen LogP contribution >= 0.6 is 15.9 Å². The van der Waals surface area contributed by atoms with E-state index in [2.05, 4.69) is 51.9 Å². The van der Waals surface area contributed by atoms with Gasteiger partial charge in [-0.3, -0.25) is 9.59 Å². The second-order valence-electron chi connectivity index (χ2n) is 7.69. The Labute approximate surface area is 168 Å². The lowest BCUT2D eigenvalue weighted by molar-refractivity contribution is 0.0900. The topological polar surface area (TPSA) is 55.2 Å². The summed E-state index contributed by atoms with van der Waals surface area (Å²) in [5.41, 5.74) is 2.74. The van der Waals surface area contributed by atoms with Crippen LogP contribution in [0.25, 0.3) is 0 Å². The first-order valence-electron chi connectivity index (χ1n) is 9.46. The molecule has 3 rings (SSSR count). The van der Waals surface area contributed by atoms with E-state index in [1.165, 1.54) is 10.2 Å². The smallest absolute Gasteiger partial charge is 0.282 e. The van der Waals surface area contributed by atoms with E-state index in [-0.39, 0.29) is 17.3 Å². The number of hydrogen-bond donors (Lipinski definition) is 0. The monoisotopic (exact) mass is 431 g/mol. The van der Waals surface area contributed by atoms with Crippen LogP contribution in [0.5, 0.6) is 0 Å². The van der Waals surface area contributed by atoms with Crippen molar-refractivity contribution in [1.29, 1.82) is 0 Å². The SMILES string of the molecule is CC(C)Cc1ccc(C(=O)C2CCN(c3cnn(C)c(=O)c3Br)CC2)cc1. The van der Waals surface area contributed by atoms with Gasteiger partial charge in [0, 0.05) is 31.6 Å². The molecule has 0 spiro atoms. The predicted octanol–water partition coefficient (Wildman–Crippen LogP) is 3.84. The van der Waals surface area contributed by atoms with Crippen molar-refractivity contribution in [2.75, 3.05) is 18.0 Å². The molecule has 27 heavy (non-hydrogen) atoms. The second-order valence-corrected chi connectivity index (χ2v) is 8.49. The zero-order valence-electron chi connectivity index (χ0n) is 16.1. The number of piperidine rings is 1. The van der Waals surface area contributed by atoms with Crippen molar-refractivity contribution >= 4 is 27.4 Å². The predicted molar refractivity (Wildman–Crippen MR) is 111 cm³/mol. The van der Waals surface area contributed by atoms with Crippen LogP contribution in [0.15, 0.2) is 39.7 Å². The third-order valence-corrected chi connectivity index (χ3v) is 5.89. The summed E-state index contributed by atoms with van der Waals surface area (Å²) in [5, 5.41) is 4.11. The van der Waals surface area contributed by atoms with E-state index in [0.717, 1.165) is 43.6 Å². The molecule has 2 aromatic rings. The lowest BCUT2D eigenvalue weighted by Gasteiger charge is -2.33. The maximum Gasteiger partial charge on any atom is 0.282 e. The van der Waals surface area contributed by atoms with Crippen LogP contribution in [0.4, 0.5) is 5.69 Å². The molecular formula is C21H26BrN3O2. The van der Waals surface area contributed by atoms with Crippen LogP contribution in [-0.2, 0) is 13.5 Å². The molecule has 0 amide bonds. The molecule has 1 fully saturated rings. The average molecular weight is 432 g/mol. The van der Waals surface area contributed by atoms with E-state index in [0.29, 0.717) is 10.4 Å². The van der Waals surface area contributed by atoms with Gasteiger partial charge < -0.3 is 4.90 Å². The first-order valence-corrected chi connectivity index (χ1v) is 10.3. The van der Waals surface area contributed by atoms with Crippen molar-refractivity contribution in [1.82, 2.24) is 9.78 Å². The summed E-state index contributed by atoms with van der Waals surface area (Å²) in [4.78, 5) is 27.0. The highest BCUT2D eigenvalue weighted by molar-refractivity contribution is 9.10. The van der Waals surface area contributed by atoms with Crippen molar-refractivity contribution in [3.05, 3.63) is 56.4 Å². The lowest BCUT2D eigenvalue weighted by atomic mass is 9.88. The lowest BCUT2D eigenvalue weighted by Crippen LogP contribution is -2.38. The number of rotatable bonds is 5. The van der Waals surface area contributed by atoms with Gasteiger partial charge in [-0.15, -0.1) is 0 Å². The minimum atomic E-state index is -0.146. The Morgan fingerprint density at radius 2 is 1.85 bits per heavy atom. The highest BCUT2D eigenvalue weighted by atomic mass is 79.9. The number of halogens is 1. The van der Waals surface area contributed by atoms with E-state index < -0.39 is 0 Å². The fourth-order valence-electron chi connectivity index (χ4n) is 3.62. The van der Waals surface area contributed by atoms with E-state index in [9.17, 15) is 9.59 Å². The van der Waals surface area contributed by atoms with Crippen molar-refractivity contribution < 1.29 is 4.79 Å². The number of anilines is 1. The number of Topliss-reactive ketones (excluding diaryl/α,β-unsaturated/α-hetero) is 1. The van der Waals surface area contributed by atoms with Crippen molar-refractivity contribution in [3.63, 3.8) is 0 Å². The number of benzene rings is 1. The number of aromatic nitrogens is 2. The van der Waals surface area contributed by atoms with Crippen molar-refractivity contribution in [2.24, 2.45) is 18.9 Å². The molecule has 1 saturated heterocycles. The standard InChI is InChI=1S/C21H26BrN3O2/c1-14(2)12-15-4-6-16(7-5-15)20(26)17-8-10-25(11-9-17)18-13-23-24(3)21(27)19(18)22/h4-7,13-14,17H,8-12H2,1-3H3. The third kappa shape index (κ3) is 4.49. The zero-order valence-corrected chi connectivity index (χ0v) is 17.7. The third-order valence-electron chi connectivity index (χ3n) is 5.15. The molecule has 1 aliphatic rings. The molecule has 0 atom stereocenters. The van der Waals surface area contributed by atoms with Crippen LogP contribution in [0.1, 0.15) is 42.6 Å². The van der Waals surface area contributed by atoms with Gasteiger partial charge in [0.1, 0.15) is 4.47 Å². The summed E-state index contributed by atoms with van der Waals surface area (Å²) >= 11 is 3.39. The summed E-state index contributed by atoms with van der Waals surface area (Å²) in [5.74, 6) is 0.877. The van der Waals surface area contributed by atoms with Crippen LogP contribution < -0.4 is 10.5 Å². The summed E-state index contributed by atoms with van der Waals surface area (Å²) < 4.78 is 1.85. The highest BCUT2D eigenvalue weighted by Gasteiger charge is 2.27. The molecule has 1 aromatic heterocycles. The Balaban J connectivity index is 1.64. The molecule has 144 valence electrons. The minimum Gasteiger partial charge on any atom is -0.369 e. The molecular weight excluding hydrogens is 406 g/mol. The maximum absolute atomic E-state index is 12.8. The van der Waals surface area contributed by atoms with Gasteiger partial charge in [-0.1, -0.05) is 38.1 Å². The fourth-order valence-corrected chi connectivity index (χ4v) is 4.23.